The molecule has 0 atom stereocenters. The molecule has 0 saturated heterocycles. The van der Waals surface area contributed by atoms with Crippen LogP contribution in [0.4, 0.5) is 11.5 Å². The van der Waals surface area contributed by atoms with Crippen molar-refractivity contribution in [3.63, 3.8) is 0 Å². The number of anilines is 2. The summed E-state index contributed by atoms with van der Waals surface area (Å²) in [7, 11) is 0. The lowest BCUT2D eigenvalue weighted by Gasteiger charge is -2.15. The topological polar surface area (TPSA) is 101 Å². The highest BCUT2D eigenvalue weighted by Crippen LogP contribution is 2.31. The maximum atomic E-state index is 12.8. The lowest BCUT2D eigenvalue weighted by atomic mass is 9.64. The zero-order valence-electron chi connectivity index (χ0n) is 16.1. The van der Waals surface area contributed by atoms with Gasteiger partial charge in [-0.2, -0.15) is 5.10 Å². The van der Waals surface area contributed by atoms with Crippen LogP contribution in [0.1, 0.15) is 10.4 Å². The van der Waals surface area contributed by atoms with Crippen LogP contribution in [0.2, 0.25) is 11.8 Å². The number of nitrogens with zero attached hydrogens (tertiary/aromatic N) is 2. The van der Waals surface area contributed by atoms with Gasteiger partial charge in [-0.15, -0.1) is 5.10 Å². The van der Waals surface area contributed by atoms with Crippen molar-refractivity contribution in [2.45, 2.75) is 6.82 Å². The number of nitrogen functional groups attached to an aromatic ring is 1. The van der Waals surface area contributed by atoms with Gasteiger partial charge in [0.1, 0.15) is 0 Å². The van der Waals surface area contributed by atoms with Gasteiger partial charge in [0.2, 0.25) is 0 Å². The van der Waals surface area contributed by atoms with E-state index in [4.69, 9.17) is 17.3 Å². The number of amides is 1. The molecule has 4 aromatic rings. The maximum absolute atomic E-state index is 12.8. The lowest BCUT2D eigenvalue weighted by molar-refractivity contribution is 0.102. The molecule has 0 fully saturated rings. The average Bonchev–Trinajstić information content (AvgIpc) is 2.74. The number of carbonyl (C=O) groups excluding carboxylic acids is 1. The number of benzene rings is 3. The molecule has 148 valence electrons. The third kappa shape index (κ3) is 3.85. The number of nitrogens with one attached hydrogen (secondary N) is 1. The lowest BCUT2D eigenvalue weighted by Crippen LogP contribution is -2.26. The number of halogens is 1. The van der Waals surface area contributed by atoms with Gasteiger partial charge in [-0.05, 0) is 41.4 Å². The third-order valence-corrected chi connectivity index (χ3v) is 5.22. The Morgan fingerprint density at radius 1 is 1.13 bits per heavy atom. The van der Waals surface area contributed by atoms with Gasteiger partial charge >= 0.3 is 6.92 Å². The Balaban J connectivity index is 1.81. The van der Waals surface area contributed by atoms with Crippen LogP contribution in [0.5, 0.6) is 0 Å². The molecule has 0 spiro atoms. The molecule has 1 amide bonds. The van der Waals surface area contributed by atoms with Gasteiger partial charge in [-0.3, -0.25) is 4.79 Å². The van der Waals surface area contributed by atoms with E-state index in [-0.39, 0.29) is 5.91 Å². The van der Waals surface area contributed by atoms with Crippen molar-refractivity contribution < 1.29 is 9.82 Å². The number of fused-ring (bicyclic) bond motifs is 1. The standard InChI is InChI=1S/C22H18BClN4O2/c1-23(30)15-7-9-20(27-22(29)17-4-2-3-5-19(17)24)18(11-15)13-6-8-16-14(10-13)12-26-28-21(16)25/h2-12,30H,1H3,(H2,25,28)(H,27,29). The second-order valence-corrected chi connectivity index (χ2v) is 7.35. The minimum atomic E-state index is -0.654. The number of nitrogens with two attached hydrogens (primary N) is 1. The van der Waals surface area contributed by atoms with Crippen molar-refractivity contribution >= 4 is 52.2 Å². The summed E-state index contributed by atoms with van der Waals surface area (Å²) < 4.78 is 0. The van der Waals surface area contributed by atoms with Gasteiger partial charge in [-0.1, -0.05) is 48.8 Å². The Morgan fingerprint density at radius 2 is 1.93 bits per heavy atom. The fourth-order valence-corrected chi connectivity index (χ4v) is 3.50. The van der Waals surface area contributed by atoms with Crippen LogP contribution < -0.4 is 16.5 Å². The van der Waals surface area contributed by atoms with Crippen LogP contribution in [0, 0.1) is 0 Å². The predicted octanol–water partition coefficient (Wildman–Crippen LogP) is 3.61. The number of aromatic nitrogens is 2. The van der Waals surface area contributed by atoms with E-state index >= 15 is 0 Å². The molecule has 0 aliphatic carbocycles. The molecule has 0 aliphatic heterocycles. The Hall–Kier alpha value is -3.42. The first-order valence-corrected chi connectivity index (χ1v) is 9.71. The first-order chi connectivity index (χ1) is 14.4. The first-order valence-electron chi connectivity index (χ1n) is 9.33. The Morgan fingerprint density at radius 3 is 2.70 bits per heavy atom. The largest absolute Gasteiger partial charge is 0.447 e. The van der Waals surface area contributed by atoms with E-state index in [1.165, 1.54) is 0 Å². The van der Waals surface area contributed by atoms with Crippen LogP contribution in [-0.2, 0) is 0 Å². The summed E-state index contributed by atoms with van der Waals surface area (Å²) >= 11 is 6.17. The molecule has 30 heavy (non-hydrogen) atoms. The van der Waals surface area contributed by atoms with E-state index in [1.807, 2.05) is 24.3 Å². The molecule has 6 nitrogen and oxygen atoms in total. The summed E-state index contributed by atoms with van der Waals surface area (Å²) in [6.45, 7) is 1.04. The highest BCUT2D eigenvalue weighted by molar-refractivity contribution is 6.65. The van der Waals surface area contributed by atoms with Crippen molar-refractivity contribution in [1.29, 1.82) is 0 Å². The predicted molar refractivity (Wildman–Crippen MR) is 122 cm³/mol. The van der Waals surface area contributed by atoms with Crippen LogP contribution in [0.3, 0.4) is 0 Å². The van der Waals surface area contributed by atoms with Crippen molar-refractivity contribution in [2.75, 3.05) is 11.1 Å². The van der Waals surface area contributed by atoms with E-state index in [2.05, 4.69) is 15.5 Å². The highest BCUT2D eigenvalue weighted by Gasteiger charge is 2.16. The summed E-state index contributed by atoms with van der Waals surface area (Å²) in [4.78, 5) is 12.8. The third-order valence-electron chi connectivity index (χ3n) is 4.89. The van der Waals surface area contributed by atoms with Crippen LogP contribution in [-0.4, -0.2) is 28.0 Å². The number of hydrogen-bond acceptors (Lipinski definition) is 5. The minimum absolute atomic E-state index is 0.317. The zero-order chi connectivity index (χ0) is 21.3. The van der Waals surface area contributed by atoms with E-state index in [1.54, 1.807) is 49.4 Å². The van der Waals surface area contributed by atoms with Gasteiger partial charge < -0.3 is 16.1 Å². The Bertz CT molecular complexity index is 1260. The molecule has 4 N–H and O–H groups in total. The van der Waals surface area contributed by atoms with Crippen molar-refractivity contribution in [3.05, 3.63) is 77.4 Å². The molecular formula is C22H18BClN4O2. The summed E-state index contributed by atoms with van der Waals surface area (Å²) in [6, 6.07) is 17.9. The Kier molecular flexibility index (Phi) is 5.39. The van der Waals surface area contributed by atoms with Crippen molar-refractivity contribution in [3.8, 4) is 11.1 Å². The molecule has 8 heteroatoms. The van der Waals surface area contributed by atoms with Crippen LogP contribution >= 0.6 is 11.6 Å². The van der Waals surface area contributed by atoms with E-state index in [9.17, 15) is 9.82 Å². The molecular weight excluding hydrogens is 399 g/mol. The van der Waals surface area contributed by atoms with Crippen molar-refractivity contribution in [1.82, 2.24) is 10.2 Å². The fourth-order valence-electron chi connectivity index (χ4n) is 3.28. The van der Waals surface area contributed by atoms with Gasteiger partial charge in [0.05, 0.1) is 16.8 Å². The second kappa shape index (κ2) is 8.14. The first kappa shape index (κ1) is 19.9. The molecule has 0 bridgehead atoms. The molecule has 1 heterocycles. The van der Waals surface area contributed by atoms with Gasteiger partial charge in [-0.25, -0.2) is 0 Å². The number of carbonyl (C=O) groups is 1. The fraction of sp³-hybridized carbons (Fsp3) is 0.0455. The molecule has 0 aliphatic rings. The molecule has 3 aromatic carbocycles. The quantitative estimate of drug-likeness (QED) is 0.441. The second-order valence-electron chi connectivity index (χ2n) is 6.95. The molecule has 1 aromatic heterocycles. The molecule has 0 saturated carbocycles. The van der Waals surface area contributed by atoms with Gasteiger partial charge in [0, 0.05) is 22.0 Å². The Labute approximate surface area is 178 Å². The highest BCUT2D eigenvalue weighted by atomic mass is 35.5. The molecule has 0 unspecified atom stereocenters. The SMILES string of the molecule is CB(O)c1ccc(NC(=O)c2ccccc2Cl)c(-c2ccc3c(N)nncc3c2)c1. The number of hydrogen-bond donors (Lipinski definition) is 3. The smallest absolute Gasteiger partial charge is 0.320 e. The molecule has 0 radical (unpaired) electrons. The van der Waals surface area contributed by atoms with Gasteiger partial charge in [0.15, 0.2) is 5.82 Å². The van der Waals surface area contributed by atoms with Crippen LogP contribution in [0.15, 0.2) is 66.9 Å². The summed E-state index contributed by atoms with van der Waals surface area (Å²) in [5.41, 5.74) is 9.21. The summed E-state index contributed by atoms with van der Waals surface area (Å²) in [5, 5.41) is 22.8. The molecule has 4 rings (SSSR count). The maximum Gasteiger partial charge on any atom is 0.320 e. The van der Waals surface area contributed by atoms with E-state index < -0.39 is 6.92 Å². The summed E-state index contributed by atoms with van der Waals surface area (Å²) in [5.74, 6) is 0.0339. The average molecular weight is 417 g/mol. The van der Waals surface area contributed by atoms with Crippen LogP contribution in [0.25, 0.3) is 21.9 Å². The van der Waals surface area contributed by atoms with Crippen molar-refractivity contribution in [2.24, 2.45) is 0 Å². The minimum Gasteiger partial charge on any atom is -0.447 e. The zero-order valence-corrected chi connectivity index (χ0v) is 16.9. The summed E-state index contributed by atoms with van der Waals surface area (Å²) in [6.07, 6.45) is 1.63. The van der Waals surface area contributed by atoms with E-state index in [0.29, 0.717) is 22.1 Å². The van der Waals surface area contributed by atoms with Gasteiger partial charge in [0.25, 0.3) is 5.91 Å². The monoisotopic (exact) mass is 416 g/mol. The number of rotatable bonds is 4. The normalized spacial score (nSPS) is 10.8. The van der Waals surface area contributed by atoms with E-state index in [0.717, 1.165) is 27.4 Å².